The summed E-state index contributed by atoms with van der Waals surface area (Å²) >= 11 is 0. The lowest BCUT2D eigenvalue weighted by molar-refractivity contribution is -0.0464. The molecule has 0 spiro atoms. The van der Waals surface area contributed by atoms with Crippen molar-refractivity contribution < 1.29 is 9.47 Å². The predicted octanol–water partition coefficient (Wildman–Crippen LogP) is 5.83. The van der Waals surface area contributed by atoms with Crippen molar-refractivity contribution in [1.82, 2.24) is 4.90 Å². The van der Waals surface area contributed by atoms with Crippen LogP contribution in [0.3, 0.4) is 0 Å². The first kappa shape index (κ1) is 22.9. The Morgan fingerprint density at radius 3 is 1.82 bits per heavy atom. The molecule has 170 valence electrons. The zero-order valence-corrected chi connectivity index (χ0v) is 19.7. The molecule has 4 heteroatoms. The van der Waals surface area contributed by atoms with E-state index in [0.29, 0.717) is 0 Å². The standard InChI is InChI=1S/C29H32N2O2/c1-28(2,31-20-27(21-31)33-26-16-14-25(32-3)15-17-26)18-19-29(22-30,23-10-6-4-7-11-23)24-12-8-5-9-13-24/h4-17,27H,18-21H2,1-3H3. The Bertz CT molecular complexity index is 1030. The summed E-state index contributed by atoms with van der Waals surface area (Å²) in [6, 6.07) is 30.8. The van der Waals surface area contributed by atoms with E-state index >= 15 is 0 Å². The summed E-state index contributed by atoms with van der Waals surface area (Å²) in [4.78, 5) is 2.46. The SMILES string of the molecule is COc1ccc(OC2CN(C(C)(C)CCC(C#N)(c3ccccc3)c3ccccc3)C2)cc1. The normalized spacial score (nSPS) is 14.8. The molecule has 0 aromatic heterocycles. The first-order chi connectivity index (χ1) is 16.0. The zero-order valence-electron chi connectivity index (χ0n) is 19.7. The number of benzene rings is 3. The van der Waals surface area contributed by atoms with E-state index in [-0.39, 0.29) is 11.6 Å². The molecule has 4 nitrogen and oxygen atoms in total. The molecule has 1 aliphatic rings. The molecule has 0 radical (unpaired) electrons. The lowest BCUT2D eigenvalue weighted by Crippen LogP contribution is -2.62. The van der Waals surface area contributed by atoms with Crippen molar-refractivity contribution >= 4 is 0 Å². The second-order valence-electron chi connectivity index (χ2n) is 9.38. The number of nitriles is 1. The van der Waals surface area contributed by atoms with Gasteiger partial charge in [0, 0.05) is 18.6 Å². The molecule has 4 rings (SSSR count). The van der Waals surface area contributed by atoms with Gasteiger partial charge in [0.2, 0.25) is 0 Å². The molecular weight excluding hydrogens is 408 g/mol. The van der Waals surface area contributed by atoms with Crippen LogP contribution in [0.1, 0.15) is 37.8 Å². The van der Waals surface area contributed by atoms with E-state index in [0.717, 1.165) is 48.6 Å². The lowest BCUT2D eigenvalue weighted by atomic mass is 9.70. The Balaban J connectivity index is 1.43. The van der Waals surface area contributed by atoms with E-state index in [2.05, 4.69) is 49.1 Å². The quantitative estimate of drug-likeness (QED) is 0.420. The molecule has 0 N–H and O–H groups in total. The van der Waals surface area contributed by atoms with Crippen molar-refractivity contribution in [2.24, 2.45) is 0 Å². The van der Waals surface area contributed by atoms with Crippen LogP contribution in [0, 0.1) is 11.3 Å². The fourth-order valence-corrected chi connectivity index (χ4v) is 4.59. The molecule has 0 saturated carbocycles. The number of hydrogen-bond donors (Lipinski definition) is 0. The largest absolute Gasteiger partial charge is 0.497 e. The van der Waals surface area contributed by atoms with Crippen LogP contribution in [-0.2, 0) is 5.41 Å². The first-order valence-corrected chi connectivity index (χ1v) is 11.5. The van der Waals surface area contributed by atoms with Gasteiger partial charge in [-0.2, -0.15) is 5.26 Å². The van der Waals surface area contributed by atoms with Gasteiger partial charge >= 0.3 is 0 Å². The molecule has 1 saturated heterocycles. The van der Waals surface area contributed by atoms with Crippen LogP contribution in [0.5, 0.6) is 11.5 Å². The second-order valence-corrected chi connectivity index (χ2v) is 9.38. The maximum absolute atomic E-state index is 10.4. The molecule has 3 aromatic carbocycles. The van der Waals surface area contributed by atoms with Gasteiger partial charge in [-0.1, -0.05) is 60.7 Å². The van der Waals surface area contributed by atoms with Gasteiger partial charge < -0.3 is 9.47 Å². The molecule has 1 aliphatic heterocycles. The molecule has 0 unspecified atom stereocenters. The molecule has 1 heterocycles. The van der Waals surface area contributed by atoms with Gasteiger partial charge in [0.15, 0.2) is 0 Å². The molecular formula is C29H32N2O2. The van der Waals surface area contributed by atoms with Gasteiger partial charge in [-0.05, 0) is 62.1 Å². The van der Waals surface area contributed by atoms with Crippen LogP contribution in [0.25, 0.3) is 0 Å². The molecule has 1 fully saturated rings. The lowest BCUT2D eigenvalue weighted by Gasteiger charge is -2.49. The molecule has 0 bridgehead atoms. The maximum Gasteiger partial charge on any atom is 0.124 e. The van der Waals surface area contributed by atoms with Crippen molar-refractivity contribution in [2.45, 2.75) is 43.7 Å². The Hall–Kier alpha value is -3.29. The van der Waals surface area contributed by atoms with E-state index in [1.54, 1.807) is 7.11 Å². The van der Waals surface area contributed by atoms with Crippen LogP contribution >= 0.6 is 0 Å². The van der Waals surface area contributed by atoms with Crippen molar-refractivity contribution in [3.63, 3.8) is 0 Å². The Morgan fingerprint density at radius 2 is 1.33 bits per heavy atom. The summed E-state index contributed by atoms with van der Waals surface area (Å²) in [5.41, 5.74) is 1.41. The van der Waals surface area contributed by atoms with Crippen molar-refractivity contribution in [2.75, 3.05) is 20.2 Å². The average Bonchev–Trinajstić information content (AvgIpc) is 2.83. The molecule has 3 aromatic rings. The minimum absolute atomic E-state index is 0.0363. The van der Waals surface area contributed by atoms with E-state index < -0.39 is 5.41 Å². The zero-order chi connectivity index (χ0) is 23.3. The Labute approximate surface area is 197 Å². The maximum atomic E-state index is 10.4. The highest BCUT2D eigenvalue weighted by atomic mass is 16.5. The number of hydrogen-bond acceptors (Lipinski definition) is 4. The number of ether oxygens (including phenoxy) is 2. The highest BCUT2D eigenvalue weighted by molar-refractivity contribution is 5.45. The van der Waals surface area contributed by atoms with Gasteiger partial charge in [0.05, 0.1) is 13.2 Å². The Morgan fingerprint density at radius 1 is 0.818 bits per heavy atom. The van der Waals surface area contributed by atoms with Gasteiger partial charge in [0.25, 0.3) is 0 Å². The van der Waals surface area contributed by atoms with Crippen LogP contribution in [-0.4, -0.2) is 36.7 Å². The summed E-state index contributed by atoms with van der Waals surface area (Å²) in [6.07, 6.45) is 1.84. The molecule has 0 aliphatic carbocycles. The van der Waals surface area contributed by atoms with Crippen molar-refractivity contribution in [1.29, 1.82) is 5.26 Å². The average molecular weight is 441 g/mol. The van der Waals surface area contributed by atoms with Gasteiger partial charge in [0.1, 0.15) is 23.0 Å². The van der Waals surface area contributed by atoms with Gasteiger partial charge in [-0.25, -0.2) is 0 Å². The third-order valence-electron chi connectivity index (χ3n) is 6.90. The summed E-state index contributed by atoms with van der Waals surface area (Å²) in [6.45, 7) is 6.31. The summed E-state index contributed by atoms with van der Waals surface area (Å²) < 4.78 is 11.3. The van der Waals surface area contributed by atoms with Crippen molar-refractivity contribution in [3.05, 3.63) is 96.1 Å². The van der Waals surface area contributed by atoms with Crippen LogP contribution in [0.4, 0.5) is 0 Å². The summed E-state index contributed by atoms with van der Waals surface area (Å²) in [5, 5.41) is 10.4. The van der Waals surface area contributed by atoms with E-state index in [1.165, 1.54) is 0 Å². The smallest absolute Gasteiger partial charge is 0.124 e. The van der Waals surface area contributed by atoms with E-state index in [9.17, 15) is 5.26 Å². The van der Waals surface area contributed by atoms with E-state index in [4.69, 9.17) is 9.47 Å². The highest BCUT2D eigenvalue weighted by Crippen LogP contribution is 2.40. The van der Waals surface area contributed by atoms with Crippen LogP contribution in [0.2, 0.25) is 0 Å². The highest BCUT2D eigenvalue weighted by Gasteiger charge is 2.42. The van der Waals surface area contributed by atoms with Gasteiger partial charge in [-0.15, -0.1) is 0 Å². The topological polar surface area (TPSA) is 45.5 Å². The van der Waals surface area contributed by atoms with Gasteiger partial charge in [-0.3, -0.25) is 4.90 Å². The molecule has 33 heavy (non-hydrogen) atoms. The first-order valence-electron chi connectivity index (χ1n) is 11.5. The van der Waals surface area contributed by atoms with Crippen molar-refractivity contribution in [3.8, 4) is 17.6 Å². The summed E-state index contributed by atoms with van der Waals surface area (Å²) in [7, 11) is 1.67. The number of rotatable bonds is 9. The molecule has 0 amide bonds. The number of methoxy groups -OCH3 is 1. The summed E-state index contributed by atoms with van der Waals surface area (Å²) in [5.74, 6) is 1.70. The predicted molar refractivity (Wildman–Crippen MR) is 132 cm³/mol. The monoisotopic (exact) mass is 440 g/mol. The number of nitrogens with zero attached hydrogens (tertiary/aromatic N) is 2. The van der Waals surface area contributed by atoms with Crippen LogP contribution < -0.4 is 9.47 Å². The fraction of sp³-hybridized carbons (Fsp3) is 0.345. The Kier molecular flexibility index (Phi) is 6.72. The minimum Gasteiger partial charge on any atom is -0.497 e. The second kappa shape index (κ2) is 9.68. The van der Waals surface area contributed by atoms with Crippen LogP contribution in [0.15, 0.2) is 84.9 Å². The third kappa shape index (κ3) is 4.89. The minimum atomic E-state index is -0.663. The fourth-order valence-electron chi connectivity index (χ4n) is 4.59. The van der Waals surface area contributed by atoms with E-state index in [1.807, 2.05) is 60.7 Å². The molecule has 0 atom stereocenters. The third-order valence-corrected chi connectivity index (χ3v) is 6.90. The number of likely N-dealkylation sites (tertiary alicyclic amines) is 1.